The van der Waals surface area contributed by atoms with Crippen molar-refractivity contribution in [1.29, 1.82) is 0 Å². The molecule has 0 atom stereocenters. The highest BCUT2D eigenvalue weighted by molar-refractivity contribution is 5.88. The summed E-state index contributed by atoms with van der Waals surface area (Å²) in [7, 11) is 1.61. The second-order valence-electron chi connectivity index (χ2n) is 1.69. The minimum Gasteiger partial charge on any atom is -0.481 e. The molecule has 0 aromatic carbocycles. The number of hydrogen-bond acceptors (Lipinski definition) is 2. The molecule has 0 fully saturated rings. The Bertz CT molecular complexity index is 168. The molecule has 0 amide bonds. The molecule has 9 heavy (non-hydrogen) atoms. The topological polar surface area (TPSA) is 21.6 Å². The Labute approximate surface area is 54.6 Å². The summed E-state index contributed by atoms with van der Waals surface area (Å²) >= 11 is 0. The molecule has 1 aliphatic rings. The van der Waals surface area contributed by atoms with Crippen LogP contribution < -0.4 is 0 Å². The molecular weight excluding hydrogens is 114 g/mol. The van der Waals surface area contributed by atoms with E-state index in [0.29, 0.717) is 5.90 Å². The van der Waals surface area contributed by atoms with Gasteiger partial charge in [-0.25, -0.2) is 4.99 Å². The zero-order chi connectivity index (χ0) is 6.53. The van der Waals surface area contributed by atoms with Gasteiger partial charge in [0, 0.05) is 6.20 Å². The Kier molecular flexibility index (Phi) is 2.07. The summed E-state index contributed by atoms with van der Waals surface area (Å²) in [5.74, 6) is 0.670. The molecule has 0 radical (unpaired) electrons. The molecule has 0 N–H and O–H groups in total. The van der Waals surface area contributed by atoms with Crippen LogP contribution in [-0.4, -0.2) is 13.0 Å². The number of ether oxygens (including phenoxy) is 1. The van der Waals surface area contributed by atoms with Crippen LogP contribution in [0, 0.1) is 0 Å². The van der Waals surface area contributed by atoms with Gasteiger partial charge in [0.1, 0.15) is 0 Å². The van der Waals surface area contributed by atoms with E-state index >= 15 is 0 Å². The second kappa shape index (κ2) is 3.07. The molecule has 0 bridgehead atoms. The largest absolute Gasteiger partial charge is 0.481 e. The first-order chi connectivity index (χ1) is 4.43. The van der Waals surface area contributed by atoms with Crippen molar-refractivity contribution in [2.24, 2.45) is 4.99 Å². The monoisotopic (exact) mass is 123 g/mol. The number of allylic oxidation sites excluding steroid dienone is 2. The van der Waals surface area contributed by atoms with E-state index in [1.165, 1.54) is 0 Å². The lowest BCUT2D eigenvalue weighted by Gasteiger charge is -1.92. The first kappa shape index (κ1) is 6.08. The molecule has 48 valence electrons. The van der Waals surface area contributed by atoms with E-state index in [0.717, 1.165) is 6.42 Å². The number of aliphatic imine (C=N–C) groups is 1. The van der Waals surface area contributed by atoms with Gasteiger partial charge in [0.15, 0.2) is 0 Å². The second-order valence-corrected chi connectivity index (χ2v) is 1.69. The van der Waals surface area contributed by atoms with Crippen molar-refractivity contribution < 1.29 is 4.74 Å². The number of rotatable bonds is 0. The third-order valence-corrected chi connectivity index (χ3v) is 1.05. The van der Waals surface area contributed by atoms with Gasteiger partial charge in [-0.1, -0.05) is 12.2 Å². The van der Waals surface area contributed by atoms with Crippen LogP contribution in [0.2, 0.25) is 0 Å². The van der Waals surface area contributed by atoms with Crippen LogP contribution in [0.5, 0.6) is 0 Å². The third kappa shape index (κ3) is 1.72. The maximum atomic E-state index is 4.88. The first-order valence-electron chi connectivity index (χ1n) is 2.87. The van der Waals surface area contributed by atoms with Crippen molar-refractivity contribution in [2.45, 2.75) is 6.42 Å². The maximum absolute atomic E-state index is 4.88. The van der Waals surface area contributed by atoms with Crippen molar-refractivity contribution in [3.63, 3.8) is 0 Å². The lowest BCUT2D eigenvalue weighted by molar-refractivity contribution is 0.407. The molecule has 1 rings (SSSR count). The summed E-state index contributed by atoms with van der Waals surface area (Å²) in [5.41, 5.74) is 0. The summed E-state index contributed by atoms with van der Waals surface area (Å²) in [6.45, 7) is 0. The van der Waals surface area contributed by atoms with Gasteiger partial charge in [-0.2, -0.15) is 0 Å². The summed E-state index contributed by atoms with van der Waals surface area (Å²) in [4.78, 5) is 3.97. The minimum absolute atomic E-state index is 0.670. The number of nitrogens with zero attached hydrogens (tertiary/aromatic N) is 1. The molecule has 2 nitrogen and oxygen atoms in total. The molecule has 1 aliphatic heterocycles. The molecule has 0 saturated carbocycles. The van der Waals surface area contributed by atoms with E-state index in [4.69, 9.17) is 4.74 Å². The van der Waals surface area contributed by atoms with Gasteiger partial charge >= 0.3 is 0 Å². The molecule has 0 saturated heterocycles. The highest BCUT2D eigenvalue weighted by atomic mass is 16.5. The fourth-order valence-corrected chi connectivity index (χ4v) is 0.598. The Morgan fingerprint density at radius 1 is 1.56 bits per heavy atom. The normalized spacial score (nSPS) is 16.8. The fraction of sp³-hybridized carbons (Fsp3) is 0.286. The molecule has 0 unspecified atom stereocenters. The van der Waals surface area contributed by atoms with Crippen LogP contribution >= 0.6 is 0 Å². The summed E-state index contributed by atoms with van der Waals surface area (Å²) in [5, 5.41) is 0. The van der Waals surface area contributed by atoms with E-state index in [1.807, 2.05) is 18.2 Å². The van der Waals surface area contributed by atoms with Gasteiger partial charge in [0.25, 0.3) is 0 Å². The van der Waals surface area contributed by atoms with Gasteiger partial charge in [-0.3, -0.25) is 0 Å². The fourth-order valence-electron chi connectivity index (χ4n) is 0.598. The molecular formula is C7H9NO. The van der Waals surface area contributed by atoms with E-state index in [1.54, 1.807) is 13.3 Å². The highest BCUT2D eigenvalue weighted by Gasteiger charge is 1.89. The van der Waals surface area contributed by atoms with Gasteiger partial charge in [0.05, 0.1) is 7.11 Å². The van der Waals surface area contributed by atoms with Crippen LogP contribution in [0.1, 0.15) is 6.42 Å². The third-order valence-electron chi connectivity index (χ3n) is 1.05. The molecule has 0 aromatic heterocycles. The smallest absolute Gasteiger partial charge is 0.212 e. The average molecular weight is 123 g/mol. The zero-order valence-corrected chi connectivity index (χ0v) is 5.37. The van der Waals surface area contributed by atoms with Crippen molar-refractivity contribution in [3.8, 4) is 0 Å². The molecule has 0 aromatic rings. The van der Waals surface area contributed by atoms with Gasteiger partial charge in [-0.15, -0.1) is 0 Å². The Morgan fingerprint density at radius 3 is 3.22 bits per heavy atom. The van der Waals surface area contributed by atoms with E-state index < -0.39 is 0 Å². The summed E-state index contributed by atoms with van der Waals surface area (Å²) < 4.78 is 4.88. The van der Waals surface area contributed by atoms with Gasteiger partial charge in [0.2, 0.25) is 5.90 Å². The van der Waals surface area contributed by atoms with Crippen LogP contribution in [0.3, 0.4) is 0 Å². The van der Waals surface area contributed by atoms with Crippen LogP contribution in [0.25, 0.3) is 0 Å². The zero-order valence-electron chi connectivity index (χ0n) is 5.37. The molecule has 0 spiro atoms. The lowest BCUT2D eigenvalue weighted by atomic mass is 10.4. The Hall–Kier alpha value is -1.05. The Morgan fingerprint density at radius 2 is 2.44 bits per heavy atom. The van der Waals surface area contributed by atoms with Crippen LogP contribution in [0.4, 0.5) is 0 Å². The first-order valence-corrected chi connectivity index (χ1v) is 2.87. The van der Waals surface area contributed by atoms with Gasteiger partial charge < -0.3 is 4.74 Å². The standard InChI is InChI=1S/C7H9NO/c1-9-7-5-3-2-4-6-8-7/h3-6H,2H2,1H3. The van der Waals surface area contributed by atoms with Gasteiger partial charge in [-0.05, 0) is 12.5 Å². The van der Waals surface area contributed by atoms with Crippen molar-refractivity contribution in [1.82, 2.24) is 0 Å². The van der Waals surface area contributed by atoms with Crippen molar-refractivity contribution in [3.05, 3.63) is 24.4 Å². The average Bonchev–Trinajstić information content (AvgIpc) is 2.13. The van der Waals surface area contributed by atoms with Crippen LogP contribution in [0.15, 0.2) is 29.4 Å². The predicted molar refractivity (Wildman–Crippen MR) is 37.3 cm³/mol. The lowest BCUT2D eigenvalue weighted by Crippen LogP contribution is -1.93. The van der Waals surface area contributed by atoms with E-state index in [2.05, 4.69) is 4.99 Å². The minimum atomic E-state index is 0.670. The molecule has 2 heteroatoms. The number of methoxy groups -OCH3 is 1. The Balaban J connectivity index is 2.67. The SMILES string of the molecule is COC1=NC=CCC=C1. The van der Waals surface area contributed by atoms with Crippen molar-refractivity contribution in [2.75, 3.05) is 7.11 Å². The quantitative estimate of drug-likeness (QED) is 0.478. The van der Waals surface area contributed by atoms with Crippen molar-refractivity contribution >= 4 is 5.90 Å². The predicted octanol–water partition coefficient (Wildman–Crippen LogP) is 1.50. The molecule has 0 aliphatic carbocycles. The van der Waals surface area contributed by atoms with Crippen LogP contribution in [-0.2, 0) is 4.74 Å². The summed E-state index contributed by atoms with van der Waals surface area (Å²) in [6.07, 6.45) is 8.53. The summed E-state index contributed by atoms with van der Waals surface area (Å²) in [6, 6.07) is 0. The maximum Gasteiger partial charge on any atom is 0.212 e. The number of hydrogen-bond donors (Lipinski definition) is 0. The van der Waals surface area contributed by atoms with E-state index in [9.17, 15) is 0 Å². The highest BCUT2D eigenvalue weighted by Crippen LogP contribution is 1.95. The molecule has 1 heterocycles. The van der Waals surface area contributed by atoms with E-state index in [-0.39, 0.29) is 0 Å².